The Kier molecular flexibility index (Phi) is 3.49. The van der Waals surface area contributed by atoms with Crippen LogP contribution in [0.4, 0.5) is 8.78 Å². The van der Waals surface area contributed by atoms with Crippen LogP contribution in [0.3, 0.4) is 0 Å². The van der Waals surface area contributed by atoms with Gasteiger partial charge in [0.1, 0.15) is 11.6 Å². The van der Waals surface area contributed by atoms with E-state index in [1.54, 1.807) is 12.4 Å². The van der Waals surface area contributed by atoms with Gasteiger partial charge in [0.05, 0.1) is 22.2 Å². The Morgan fingerprint density at radius 3 is 2.76 bits per heavy atom. The van der Waals surface area contributed by atoms with E-state index in [-0.39, 0.29) is 6.42 Å². The second kappa shape index (κ2) is 4.89. The molecule has 1 atom stereocenters. The minimum atomic E-state index is -0.803. The summed E-state index contributed by atoms with van der Waals surface area (Å²) in [5.74, 6) is -1.25. The highest BCUT2D eigenvalue weighted by Gasteiger charge is 2.15. The van der Waals surface area contributed by atoms with E-state index in [2.05, 4.69) is 4.98 Å². The van der Waals surface area contributed by atoms with Gasteiger partial charge >= 0.3 is 0 Å². The quantitative estimate of drug-likeness (QED) is 0.914. The minimum absolute atomic E-state index is 0.120. The van der Waals surface area contributed by atoms with Crippen molar-refractivity contribution in [1.82, 2.24) is 4.98 Å². The van der Waals surface area contributed by atoms with Gasteiger partial charge in [0.15, 0.2) is 0 Å². The maximum atomic E-state index is 13.4. The van der Waals surface area contributed by atoms with E-state index in [1.807, 2.05) is 0 Å². The number of aliphatic hydroxyl groups is 1. The smallest absolute Gasteiger partial charge is 0.129 e. The molecule has 90 valence electrons. The Hall–Kier alpha value is -1.33. The lowest BCUT2D eigenvalue weighted by Crippen LogP contribution is -2.03. The fourth-order valence-corrected chi connectivity index (χ4v) is 2.41. The number of aromatic nitrogens is 1. The van der Waals surface area contributed by atoms with Crippen molar-refractivity contribution in [3.05, 3.63) is 51.5 Å². The Morgan fingerprint density at radius 1 is 1.41 bits per heavy atom. The van der Waals surface area contributed by atoms with Crippen LogP contribution in [0, 0.1) is 18.6 Å². The molecule has 0 radical (unpaired) electrons. The normalized spacial score (nSPS) is 12.7. The Morgan fingerprint density at radius 2 is 2.18 bits per heavy atom. The lowest BCUT2D eigenvalue weighted by molar-refractivity contribution is 0.180. The van der Waals surface area contributed by atoms with Crippen molar-refractivity contribution in [2.24, 2.45) is 0 Å². The van der Waals surface area contributed by atoms with Gasteiger partial charge in [-0.05, 0) is 18.6 Å². The fraction of sp³-hybridized carbons (Fsp3) is 0.250. The van der Waals surface area contributed by atoms with Crippen LogP contribution in [0.15, 0.2) is 23.7 Å². The lowest BCUT2D eigenvalue weighted by Gasteiger charge is -2.10. The molecule has 1 unspecified atom stereocenters. The number of halogens is 2. The first kappa shape index (κ1) is 12.1. The average molecular weight is 255 g/mol. The van der Waals surface area contributed by atoms with Crippen LogP contribution >= 0.6 is 11.3 Å². The minimum Gasteiger partial charge on any atom is -0.387 e. The van der Waals surface area contributed by atoms with Crippen molar-refractivity contribution in [2.75, 3.05) is 0 Å². The second-order valence-electron chi connectivity index (χ2n) is 3.76. The number of hydrogen-bond donors (Lipinski definition) is 1. The van der Waals surface area contributed by atoms with E-state index in [9.17, 15) is 13.9 Å². The third kappa shape index (κ3) is 2.68. The molecule has 0 bridgehead atoms. The summed E-state index contributed by atoms with van der Waals surface area (Å²) in [4.78, 5) is 4.74. The van der Waals surface area contributed by atoms with Gasteiger partial charge in [-0.15, -0.1) is 11.3 Å². The van der Waals surface area contributed by atoms with E-state index in [1.165, 1.54) is 23.5 Å². The number of aryl methyl sites for hydroxylation is 1. The first-order valence-electron chi connectivity index (χ1n) is 5.10. The van der Waals surface area contributed by atoms with E-state index in [0.717, 1.165) is 11.8 Å². The summed E-state index contributed by atoms with van der Waals surface area (Å²) in [7, 11) is 0. The maximum Gasteiger partial charge on any atom is 0.129 e. The topological polar surface area (TPSA) is 33.1 Å². The summed E-state index contributed by atoms with van der Waals surface area (Å²) < 4.78 is 26.1. The van der Waals surface area contributed by atoms with Crippen molar-refractivity contribution >= 4 is 11.3 Å². The largest absolute Gasteiger partial charge is 0.387 e. The SMILES string of the molecule is Cc1ncsc1C(O)Cc1ccc(F)cc1F. The zero-order chi connectivity index (χ0) is 12.4. The van der Waals surface area contributed by atoms with Crippen LogP contribution < -0.4 is 0 Å². The molecule has 17 heavy (non-hydrogen) atoms. The van der Waals surface area contributed by atoms with Gasteiger partial charge < -0.3 is 5.11 Å². The average Bonchev–Trinajstić information content (AvgIpc) is 2.68. The van der Waals surface area contributed by atoms with Gasteiger partial charge in [-0.25, -0.2) is 13.8 Å². The Labute approximate surface area is 102 Å². The molecule has 1 N–H and O–H groups in total. The molecule has 0 saturated carbocycles. The molecule has 0 amide bonds. The number of rotatable bonds is 3. The van der Waals surface area contributed by atoms with Crippen molar-refractivity contribution in [3.8, 4) is 0 Å². The standard InChI is InChI=1S/C12H11F2NOS/c1-7-12(17-6-15-7)11(16)4-8-2-3-9(13)5-10(8)14/h2-3,5-6,11,16H,4H2,1H3. The maximum absolute atomic E-state index is 13.4. The van der Waals surface area contributed by atoms with Crippen LogP contribution in [0.25, 0.3) is 0 Å². The van der Waals surface area contributed by atoms with E-state index < -0.39 is 17.7 Å². The molecule has 0 saturated heterocycles. The van der Waals surface area contributed by atoms with Crippen LogP contribution in [0.2, 0.25) is 0 Å². The molecule has 0 aliphatic heterocycles. The first-order valence-corrected chi connectivity index (χ1v) is 5.98. The zero-order valence-corrected chi connectivity index (χ0v) is 9.97. The highest BCUT2D eigenvalue weighted by molar-refractivity contribution is 7.09. The molecule has 1 heterocycles. The molecule has 2 aromatic rings. The molecule has 1 aromatic carbocycles. The number of nitrogens with zero attached hydrogens (tertiary/aromatic N) is 1. The molecule has 0 aliphatic rings. The van der Waals surface area contributed by atoms with Crippen LogP contribution in [0.5, 0.6) is 0 Å². The first-order chi connectivity index (χ1) is 8.08. The van der Waals surface area contributed by atoms with E-state index in [4.69, 9.17) is 0 Å². The molecule has 1 aromatic heterocycles. The predicted octanol–water partition coefficient (Wildman–Crippen LogP) is 3.01. The molecule has 2 rings (SSSR count). The number of benzene rings is 1. The number of hydrogen-bond acceptors (Lipinski definition) is 3. The van der Waals surface area contributed by atoms with Crippen LogP contribution in [-0.4, -0.2) is 10.1 Å². The van der Waals surface area contributed by atoms with Crippen LogP contribution in [-0.2, 0) is 6.42 Å². The van der Waals surface area contributed by atoms with Gasteiger partial charge in [0.25, 0.3) is 0 Å². The summed E-state index contributed by atoms with van der Waals surface area (Å²) in [6, 6.07) is 3.36. The van der Waals surface area contributed by atoms with Crippen molar-refractivity contribution in [1.29, 1.82) is 0 Å². The van der Waals surface area contributed by atoms with Gasteiger partial charge in [0.2, 0.25) is 0 Å². The van der Waals surface area contributed by atoms with E-state index >= 15 is 0 Å². The molecular formula is C12H11F2NOS. The highest BCUT2D eigenvalue weighted by atomic mass is 32.1. The number of thiazole rings is 1. The summed E-state index contributed by atoms with van der Waals surface area (Å²) in [5, 5.41) is 9.95. The summed E-state index contributed by atoms with van der Waals surface area (Å²) in [5.41, 5.74) is 2.67. The molecule has 5 heteroatoms. The van der Waals surface area contributed by atoms with Gasteiger partial charge in [0, 0.05) is 12.5 Å². The van der Waals surface area contributed by atoms with Gasteiger partial charge in [-0.2, -0.15) is 0 Å². The number of aliphatic hydroxyl groups excluding tert-OH is 1. The zero-order valence-electron chi connectivity index (χ0n) is 9.15. The third-order valence-electron chi connectivity index (χ3n) is 2.51. The second-order valence-corrected chi connectivity index (χ2v) is 4.64. The lowest BCUT2D eigenvalue weighted by atomic mass is 10.1. The summed E-state index contributed by atoms with van der Waals surface area (Å²) >= 11 is 1.33. The van der Waals surface area contributed by atoms with Crippen molar-refractivity contribution in [2.45, 2.75) is 19.4 Å². The van der Waals surface area contributed by atoms with Gasteiger partial charge in [-0.3, -0.25) is 0 Å². The molecule has 0 fully saturated rings. The van der Waals surface area contributed by atoms with Crippen molar-refractivity contribution in [3.63, 3.8) is 0 Å². The van der Waals surface area contributed by atoms with E-state index in [0.29, 0.717) is 10.4 Å². The monoisotopic (exact) mass is 255 g/mol. The van der Waals surface area contributed by atoms with Crippen molar-refractivity contribution < 1.29 is 13.9 Å². The fourth-order valence-electron chi connectivity index (χ4n) is 1.62. The summed E-state index contributed by atoms with van der Waals surface area (Å²) in [6.07, 6.45) is -0.683. The van der Waals surface area contributed by atoms with Crippen LogP contribution in [0.1, 0.15) is 22.2 Å². The third-order valence-corrected chi connectivity index (χ3v) is 3.55. The molecule has 0 aliphatic carbocycles. The Balaban J connectivity index is 2.19. The molecule has 0 spiro atoms. The predicted molar refractivity (Wildman–Crippen MR) is 61.9 cm³/mol. The summed E-state index contributed by atoms with van der Waals surface area (Å²) in [6.45, 7) is 1.79. The van der Waals surface area contributed by atoms with Gasteiger partial charge in [-0.1, -0.05) is 6.07 Å². The molecular weight excluding hydrogens is 244 g/mol. The molecule has 2 nitrogen and oxygen atoms in total. The highest BCUT2D eigenvalue weighted by Crippen LogP contribution is 2.25. The Bertz CT molecular complexity index is 527.